The van der Waals surface area contributed by atoms with E-state index in [0.717, 1.165) is 4.68 Å². The first-order valence-corrected chi connectivity index (χ1v) is 4.92. The van der Waals surface area contributed by atoms with Crippen LogP contribution in [0.5, 0.6) is 0 Å². The number of anilines is 1. The largest absolute Gasteiger partial charge is 0.371 e. The average Bonchev–Trinajstić information content (AvgIpc) is 2.78. The molecule has 0 unspecified atom stereocenters. The van der Waals surface area contributed by atoms with E-state index in [1.807, 2.05) is 0 Å². The van der Waals surface area contributed by atoms with Crippen molar-refractivity contribution in [2.75, 3.05) is 12.4 Å². The molecule has 0 aliphatic rings. The summed E-state index contributed by atoms with van der Waals surface area (Å²) in [5.74, 6) is -2.81. The summed E-state index contributed by atoms with van der Waals surface area (Å²) in [6.45, 7) is 0. The van der Waals surface area contributed by atoms with E-state index in [-0.39, 0.29) is 17.3 Å². The maximum absolute atomic E-state index is 13.6. The standard InChI is InChI=1S/C10H9F2N5O/c1-14-9-5(11)4-6(12)10(15-9)17-3-2-7(16-17)8(13)18/h2-4H,1H3,(H2,13,18)(H,14,15). The molecule has 0 spiro atoms. The number of nitrogens with one attached hydrogen (secondary N) is 1. The second-order valence-corrected chi connectivity index (χ2v) is 3.38. The summed E-state index contributed by atoms with van der Waals surface area (Å²) in [5, 5.41) is 6.21. The number of nitrogens with two attached hydrogens (primary N) is 1. The smallest absolute Gasteiger partial charge is 0.269 e. The summed E-state index contributed by atoms with van der Waals surface area (Å²) in [5.41, 5.74) is 4.99. The Morgan fingerprint density at radius 2 is 2.17 bits per heavy atom. The van der Waals surface area contributed by atoms with E-state index in [9.17, 15) is 13.6 Å². The summed E-state index contributed by atoms with van der Waals surface area (Å²) in [6.07, 6.45) is 1.31. The number of halogens is 2. The molecule has 3 N–H and O–H groups in total. The molecule has 0 bridgehead atoms. The minimum atomic E-state index is -0.898. The zero-order chi connectivity index (χ0) is 13.3. The van der Waals surface area contributed by atoms with Gasteiger partial charge in [-0.25, -0.2) is 18.4 Å². The van der Waals surface area contributed by atoms with Gasteiger partial charge in [-0.15, -0.1) is 0 Å². The van der Waals surface area contributed by atoms with Crippen molar-refractivity contribution in [3.8, 4) is 5.82 Å². The predicted octanol–water partition coefficient (Wildman–Crippen LogP) is 0.686. The number of aromatic nitrogens is 3. The fourth-order valence-corrected chi connectivity index (χ4v) is 1.37. The zero-order valence-electron chi connectivity index (χ0n) is 9.32. The lowest BCUT2D eigenvalue weighted by Gasteiger charge is -2.06. The molecule has 0 aliphatic carbocycles. The lowest BCUT2D eigenvalue weighted by atomic mass is 10.4. The molecule has 8 heteroatoms. The number of rotatable bonds is 3. The fourth-order valence-electron chi connectivity index (χ4n) is 1.37. The normalized spacial score (nSPS) is 10.4. The lowest BCUT2D eigenvalue weighted by molar-refractivity contribution is 0.0995. The van der Waals surface area contributed by atoms with Crippen LogP contribution in [0.25, 0.3) is 5.82 Å². The molecule has 0 fully saturated rings. The van der Waals surface area contributed by atoms with Crippen LogP contribution >= 0.6 is 0 Å². The van der Waals surface area contributed by atoms with Gasteiger partial charge < -0.3 is 11.1 Å². The highest BCUT2D eigenvalue weighted by molar-refractivity contribution is 5.90. The Balaban J connectivity index is 2.52. The second-order valence-electron chi connectivity index (χ2n) is 3.38. The molecule has 0 aliphatic heterocycles. The van der Waals surface area contributed by atoms with Gasteiger partial charge in [-0.05, 0) is 6.07 Å². The van der Waals surface area contributed by atoms with Crippen LogP contribution in [0, 0.1) is 11.6 Å². The minimum absolute atomic E-state index is 0.0356. The molecule has 0 saturated carbocycles. The van der Waals surface area contributed by atoms with E-state index in [4.69, 9.17) is 5.73 Å². The van der Waals surface area contributed by atoms with Gasteiger partial charge in [-0.2, -0.15) is 5.10 Å². The number of primary amides is 1. The van der Waals surface area contributed by atoms with Crippen molar-refractivity contribution in [3.05, 3.63) is 35.7 Å². The molecule has 2 rings (SSSR count). The Bertz CT molecular complexity index is 610. The Hall–Kier alpha value is -2.51. The summed E-state index contributed by atoms with van der Waals surface area (Å²) < 4.78 is 27.8. The monoisotopic (exact) mass is 253 g/mol. The van der Waals surface area contributed by atoms with E-state index in [1.54, 1.807) is 0 Å². The van der Waals surface area contributed by atoms with Crippen molar-refractivity contribution in [2.24, 2.45) is 5.73 Å². The van der Waals surface area contributed by atoms with Crippen LogP contribution in [-0.4, -0.2) is 27.7 Å². The van der Waals surface area contributed by atoms with Crippen LogP contribution < -0.4 is 11.1 Å². The van der Waals surface area contributed by atoms with Crippen LogP contribution in [0.1, 0.15) is 10.5 Å². The third-order valence-electron chi connectivity index (χ3n) is 2.21. The first-order chi connectivity index (χ1) is 8.52. The number of carbonyl (C=O) groups is 1. The van der Waals surface area contributed by atoms with Crippen molar-refractivity contribution in [3.63, 3.8) is 0 Å². The minimum Gasteiger partial charge on any atom is -0.371 e. The number of amides is 1. The number of pyridine rings is 1. The van der Waals surface area contributed by atoms with Gasteiger partial charge in [0.15, 0.2) is 23.3 Å². The molecule has 1 amide bonds. The topological polar surface area (TPSA) is 85.8 Å². The molecular formula is C10H9F2N5O. The van der Waals surface area contributed by atoms with Gasteiger partial charge in [0, 0.05) is 19.3 Å². The van der Waals surface area contributed by atoms with Gasteiger partial charge in [0.25, 0.3) is 5.91 Å². The maximum atomic E-state index is 13.6. The Morgan fingerprint density at radius 3 is 2.72 bits per heavy atom. The van der Waals surface area contributed by atoms with Crippen molar-refractivity contribution < 1.29 is 13.6 Å². The molecular weight excluding hydrogens is 244 g/mol. The van der Waals surface area contributed by atoms with Crippen molar-refractivity contribution in [2.45, 2.75) is 0 Å². The molecule has 0 aromatic carbocycles. The Morgan fingerprint density at radius 1 is 1.44 bits per heavy atom. The quantitative estimate of drug-likeness (QED) is 0.842. The van der Waals surface area contributed by atoms with Crippen molar-refractivity contribution in [1.82, 2.24) is 14.8 Å². The first-order valence-electron chi connectivity index (χ1n) is 4.92. The van der Waals surface area contributed by atoms with E-state index in [0.29, 0.717) is 6.07 Å². The van der Waals surface area contributed by atoms with Crippen LogP contribution in [-0.2, 0) is 0 Å². The zero-order valence-corrected chi connectivity index (χ0v) is 9.32. The highest BCUT2D eigenvalue weighted by atomic mass is 19.1. The summed E-state index contributed by atoms with van der Waals surface area (Å²) in [7, 11) is 1.45. The number of carbonyl (C=O) groups excluding carboxylic acids is 1. The van der Waals surface area contributed by atoms with E-state index in [1.165, 1.54) is 19.3 Å². The number of nitrogens with zero attached hydrogens (tertiary/aromatic N) is 3. The van der Waals surface area contributed by atoms with Crippen LogP contribution in [0.2, 0.25) is 0 Å². The highest BCUT2D eigenvalue weighted by Gasteiger charge is 2.14. The highest BCUT2D eigenvalue weighted by Crippen LogP contribution is 2.17. The van der Waals surface area contributed by atoms with Gasteiger partial charge in [-0.3, -0.25) is 4.79 Å². The molecule has 0 atom stereocenters. The summed E-state index contributed by atoms with van der Waals surface area (Å²) in [4.78, 5) is 14.6. The molecule has 18 heavy (non-hydrogen) atoms. The lowest BCUT2D eigenvalue weighted by Crippen LogP contribution is -2.13. The number of hydrogen-bond donors (Lipinski definition) is 2. The van der Waals surface area contributed by atoms with Gasteiger partial charge in [0.2, 0.25) is 0 Å². The fraction of sp³-hybridized carbons (Fsp3) is 0.100. The molecule has 2 aromatic rings. The summed E-state index contributed by atoms with van der Waals surface area (Å²) in [6, 6.07) is 1.99. The average molecular weight is 253 g/mol. The van der Waals surface area contributed by atoms with Gasteiger partial charge >= 0.3 is 0 Å². The molecule has 0 radical (unpaired) electrons. The van der Waals surface area contributed by atoms with Gasteiger partial charge in [-0.1, -0.05) is 0 Å². The van der Waals surface area contributed by atoms with Gasteiger partial charge in [0.1, 0.15) is 5.69 Å². The third-order valence-corrected chi connectivity index (χ3v) is 2.21. The molecule has 6 nitrogen and oxygen atoms in total. The first kappa shape index (κ1) is 12.0. The van der Waals surface area contributed by atoms with Crippen molar-refractivity contribution in [1.29, 1.82) is 0 Å². The maximum Gasteiger partial charge on any atom is 0.269 e. The molecule has 2 aromatic heterocycles. The van der Waals surface area contributed by atoms with E-state index in [2.05, 4.69) is 15.4 Å². The van der Waals surface area contributed by atoms with Crippen LogP contribution in [0.3, 0.4) is 0 Å². The van der Waals surface area contributed by atoms with E-state index >= 15 is 0 Å². The SMILES string of the molecule is CNc1nc(-n2ccc(C(N)=O)n2)c(F)cc1F. The Kier molecular flexibility index (Phi) is 2.92. The predicted molar refractivity (Wildman–Crippen MR) is 59.3 cm³/mol. The van der Waals surface area contributed by atoms with E-state index < -0.39 is 17.5 Å². The van der Waals surface area contributed by atoms with Crippen LogP contribution in [0.4, 0.5) is 14.6 Å². The second kappa shape index (κ2) is 4.40. The van der Waals surface area contributed by atoms with Crippen molar-refractivity contribution >= 4 is 11.7 Å². The van der Waals surface area contributed by atoms with Gasteiger partial charge in [0.05, 0.1) is 0 Å². The van der Waals surface area contributed by atoms with Crippen LogP contribution in [0.15, 0.2) is 18.3 Å². The summed E-state index contributed by atoms with van der Waals surface area (Å²) >= 11 is 0. The number of hydrogen-bond acceptors (Lipinski definition) is 4. The Labute approximate surface area is 100 Å². The molecule has 2 heterocycles. The third kappa shape index (κ3) is 1.99. The molecule has 94 valence electrons. The molecule has 0 saturated heterocycles.